The summed E-state index contributed by atoms with van der Waals surface area (Å²) in [5, 5.41) is 1.32. The lowest BCUT2D eigenvalue weighted by Crippen LogP contribution is -1.94. The van der Waals surface area contributed by atoms with E-state index in [4.69, 9.17) is 28.9 Å². The second-order valence-electron chi connectivity index (χ2n) is 2.65. The summed E-state index contributed by atoms with van der Waals surface area (Å²) in [6, 6.07) is 5.43. The first-order chi connectivity index (χ1) is 6.24. The van der Waals surface area contributed by atoms with Crippen LogP contribution in [0.5, 0.6) is 0 Å². The van der Waals surface area contributed by atoms with E-state index in [1.165, 1.54) is 0 Å². The van der Waals surface area contributed by atoms with Crippen molar-refractivity contribution in [3.63, 3.8) is 0 Å². The normalized spacial score (nSPS) is 11.0. The van der Waals surface area contributed by atoms with E-state index in [1.807, 2.05) is 24.3 Å². The molecule has 1 aromatic carbocycles. The third-order valence-corrected chi connectivity index (χ3v) is 2.16. The maximum absolute atomic E-state index is 5.94. The van der Waals surface area contributed by atoms with Crippen molar-refractivity contribution >= 4 is 29.3 Å². The summed E-state index contributed by atoms with van der Waals surface area (Å²) in [4.78, 5) is 0. The molecule has 0 atom stereocenters. The zero-order valence-corrected chi connectivity index (χ0v) is 8.65. The number of benzene rings is 1. The van der Waals surface area contributed by atoms with Gasteiger partial charge < -0.3 is 5.73 Å². The molecule has 0 radical (unpaired) electrons. The van der Waals surface area contributed by atoms with Crippen molar-refractivity contribution in [2.24, 2.45) is 5.73 Å². The van der Waals surface area contributed by atoms with Gasteiger partial charge in [-0.15, -0.1) is 0 Å². The Hall–Kier alpha value is -0.500. The van der Waals surface area contributed by atoms with Crippen LogP contribution in [-0.4, -0.2) is 6.54 Å². The zero-order valence-electron chi connectivity index (χ0n) is 7.13. The summed E-state index contributed by atoms with van der Waals surface area (Å²) in [7, 11) is 0. The Kier molecular flexibility index (Phi) is 4.29. The first kappa shape index (κ1) is 10.6. The molecule has 0 amide bonds. The smallest absolute Gasteiger partial charge is 0.0493 e. The number of hydrogen-bond acceptors (Lipinski definition) is 1. The van der Waals surface area contributed by atoms with Gasteiger partial charge in [0.2, 0.25) is 0 Å². The van der Waals surface area contributed by atoms with E-state index in [1.54, 1.807) is 6.07 Å². The van der Waals surface area contributed by atoms with Crippen molar-refractivity contribution < 1.29 is 0 Å². The highest BCUT2D eigenvalue weighted by Crippen LogP contribution is 2.21. The molecular weight excluding hydrogens is 205 g/mol. The highest BCUT2D eigenvalue weighted by atomic mass is 35.5. The monoisotopic (exact) mass is 215 g/mol. The van der Waals surface area contributed by atoms with Gasteiger partial charge in [0.15, 0.2) is 0 Å². The maximum Gasteiger partial charge on any atom is 0.0493 e. The van der Waals surface area contributed by atoms with Crippen LogP contribution in [0.25, 0.3) is 6.08 Å². The molecule has 0 saturated heterocycles. The summed E-state index contributed by atoms with van der Waals surface area (Å²) in [5.41, 5.74) is 6.32. The topological polar surface area (TPSA) is 26.0 Å². The highest BCUT2D eigenvalue weighted by molar-refractivity contribution is 6.35. The largest absolute Gasteiger partial charge is 0.330 e. The molecular formula is C10H11Cl2N. The van der Waals surface area contributed by atoms with Crippen molar-refractivity contribution in [3.05, 3.63) is 39.9 Å². The molecule has 0 aliphatic carbocycles. The minimum Gasteiger partial charge on any atom is -0.330 e. The molecule has 0 aliphatic heterocycles. The lowest BCUT2D eigenvalue weighted by Gasteiger charge is -1.97. The summed E-state index contributed by atoms with van der Waals surface area (Å²) in [5.74, 6) is 0. The SMILES string of the molecule is NCC/C=C/c1ccc(Cl)cc1Cl. The Bertz CT molecular complexity index is 308. The van der Waals surface area contributed by atoms with Crippen LogP contribution >= 0.6 is 23.2 Å². The van der Waals surface area contributed by atoms with Gasteiger partial charge in [0.05, 0.1) is 0 Å². The number of nitrogens with two attached hydrogens (primary N) is 1. The standard InChI is InChI=1S/C10H11Cl2N/c11-9-5-4-8(10(12)7-9)3-1-2-6-13/h1,3-5,7H,2,6,13H2/b3-1+. The van der Waals surface area contributed by atoms with Crippen LogP contribution in [0.15, 0.2) is 24.3 Å². The predicted octanol–water partition coefficient (Wildman–Crippen LogP) is 3.36. The third-order valence-electron chi connectivity index (χ3n) is 1.59. The quantitative estimate of drug-likeness (QED) is 0.823. The summed E-state index contributed by atoms with van der Waals surface area (Å²) >= 11 is 11.7. The molecule has 1 rings (SSSR count). The summed E-state index contributed by atoms with van der Waals surface area (Å²) < 4.78 is 0. The maximum atomic E-state index is 5.94. The van der Waals surface area contributed by atoms with Gasteiger partial charge >= 0.3 is 0 Å². The number of rotatable bonds is 3. The van der Waals surface area contributed by atoms with E-state index in [0.29, 0.717) is 16.6 Å². The van der Waals surface area contributed by atoms with Crippen LogP contribution in [0.4, 0.5) is 0 Å². The van der Waals surface area contributed by atoms with E-state index in [2.05, 4.69) is 0 Å². The van der Waals surface area contributed by atoms with Gasteiger partial charge in [0.25, 0.3) is 0 Å². The molecule has 0 unspecified atom stereocenters. The molecule has 0 aliphatic rings. The first-order valence-corrected chi connectivity index (χ1v) is 4.81. The van der Waals surface area contributed by atoms with Crippen molar-refractivity contribution in [1.29, 1.82) is 0 Å². The van der Waals surface area contributed by atoms with Crippen LogP contribution in [0.2, 0.25) is 10.0 Å². The lowest BCUT2D eigenvalue weighted by molar-refractivity contribution is 1.01. The lowest BCUT2D eigenvalue weighted by atomic mass is 10.2. The molecule has 70 valence electrons. The fraction of sp³-hybridized carbons (Fsp3) is 0.200. The fourth-order valence-corrected chi connectivity index (χ4v) is 1.41. The second-order valence-corrected chi connectivity index (χ2v) is 3.49. The van der Waals surface area contributed by atoms with E-state index >= 15 is 0 Å². The van der Waals surface area contributed by atoms with Crippen LogP contribution in [0, 0.1) is 0 Å². The van der Waals surface area contributed by atoms with E-state index in [-0.39, 0.29) is 0 Å². The van der Waals surface area contributed by atoms with Gasteiger partial charge in [-0.25, -0.2) is 0 Å². The van der Waals surface area contributed by atoms with Gasteiger partial charge in [0, 0.05) is 10.0 Å². The molecule has 13 heavy (non-hydrogen) atoms. The minimum absolute atomic E-state index is 0.654. The predicted molar refractivity (Wildman–Crippen MR) is 59.2 cm³/mol. The van der Waals surface area contributed by atoms with Crippen molar-refractivity contribution in [3.8, 4) is 0 Å². The van der Waals surface area contributed by atoms with E-state index in [9.17, 15) is 0 Å². The van der Waals surface area contributed by atoms with Crippen molar-refractivity contribution in [1.82, 2.24) is 0 Å². The van der Waals surface area contributed by atoms with Gasteiger partial charge in [0.1, 0.15) is 0 Å². The Morgan fingerprint density at radius 1 is 1.31 bits per heavy atom. The third kappa shape index (κ3) is 3.39. The molecule has 1 nitrogen and oxygen atoms in total. The Labute approximate surface area is 88.1 Å². The molecule has 0 heterocycles. The van der Waals surface area contributed by atoms with Crippen molar-refractivity contribution in [2.45, 2.75) is 6.42 Å². The molecule has 3 heteroatoms. The van der Waals surface area contributed by atoms with Crippen LogP contribution in [0.1, 0.15) is 12.0 Å². The summed E-state index contributed by atoms with van der Waals surface area (Å²) in [6.07, 6.45) is 4.81. The van der Waals surface area contributed by atoms with Crippen LogP contribution in [-0.2, 0) is 0 Å². The zero-order chi connectivity index (χ0) is 9.68. The van der Waals surface area contributed by atoms with E-state index < -0.39 is 0 Å². The summed E-state index contributed by atoms with van der Waals surface area (Å²) in [6.45, 7) is 0.654. The molecule has 2 N–H and O–H groups in total. The Balaban J connectivity index is 2.77. The van der Waals surface area contributed by atoms with Crippen LogP contribution in [0.3, 0.4) is 0 Å². The molecule has 0 bridgehead atoms. The average molecular weight is 216 g/mol. The van der Waals surface area contributed by atoms with Gasteiger partial charge in [-0.2, -0.15) is 0 Å². The molecule has 0 fully saturated rings. The van der Waals surface area contributed by atoms with E-state index in [0.717, 1.165) is 12.0 Å². The molecule has 1 aromatic rings. The Morgan fingerprint density at radius 2 is 2.08 bits per heavy atom. The number of halogens is 2. The molecule has 0 spiro atoms. The average Bonchev–Trinajstić information content (AvgIpc) is 2.09. The second kappa shape index (κ2) is 5.28. The molecule has 0 aromatic heterocycles. The van der Waals surface area contributed by atoms with Gasteiger partial charge in [-0.3, -0.25) is 0 Å². The van der Waals surface area contributed by atoms with Gasteiger partial charge in [-0.05, 0) is 30.7 Å². The minimum atomic E-state index is 0.654. The number of hydrogen-bond donors (Lipinski definition) is 1. The Morgan fingerprint density at radius 3 is 2.69 bits per heavy atom. The van der Waals surface area contributed by atoms with Gasteiger partial charge in [-0.1, -0.05) is 41.4 Å². The highest BCUT2D eigenvalue weighted by Gasteiger charge is 1.96. The van der Waals surface area contributed by atoms with Crippen LogP contribution < -0.4 is 5.73 Å². The first-order valence-electron chi connectivity index (χ1n) is 4.05. The molecule has 0 saturated carbocycles. The van der Waals surface area contributed by atoms with Crippen molar-refractivity contribution in [2.75, 3.05) is 6.54 Å². The fourth-order valence-electron chi connectivity index (χ4n) is 0.943.